The van der Waals surface area contributed by atoms with Crippen LogP contribution in [-0.2, 0) is 19.8 Å². The molecule has 1 N–H and O–H groups in total. The fraction of sp³-hybridized carbons (Fsp3) is 0.435. The molecule has 0 radical (unpaired) electrons. The lowest BCUT2D eigenvalue weighted by Gasteiger charge is -2.28. The molecule has 0 aliphatic carbocycles. The molecule has 1 heterocycles. The van der Waals surface area contributed by atoms with Crippen LogP contribution in [0.4, 0.5) is 4.79 Å². The molecule has 0 spiro atoms. The molecule has 0 aliphatic heterocycles. The van der Waals surface area contributed by atoms with Crippen LogP contribution in [0.15, 0.2) is 53.8 Å². The highest BCUT2D eigenvalue weighted by molar-refractivity contribution is 6.60. The third kappa shape index (κ3) is 8.87. The van der Waals surface area contributed by atoms with Gasteiger partial charge >= 0.3 is 14.9 Å². The second-order valence-corrected chi connectivity index (χ2v) is 9.50. The zero-order valence-electron chi connectivity index (χ0n) is 19.1. The highest BCUT2D eigenvalue weighted by Crippen LogP contribution is 2.18. The minimum atomic E-state index is -2.71. The Bertz CT molecular complexity index is 818. The summed E-state index contributed by atoms with van der Waals surface area (Å²) in [5, 5.41) is 2.78. The average molecular weight is 460 g/mol. The minimum absolute atomic E-state index is 0.430. The fourth-order valence-electron chi connectivity index (χ4n) is 3.05. The number of carbonyl (C=O) groups excluding carboxylic acids is 1. The molecule has 2 aromatic rings. The van der Waals surface area contributed by atoms with Crippen molar-refractivity contribution >= 4 is 21.1 Å². The molecule has 174 valence electrons. The largest absolute Gasteiger partial charge is 0.500 e. The Hall–Kier alpha value is -2.59. The van der Waals surface area contributed by atoms with Crippen molar-refractivity contribution in [2.45, 2.75) is 39.8 Å². The molecule has 32 heavy (non-hydrogen) atoms. The first-order valence-electron chi connectivity index (χ1n) is 11.0. The summed E-state index contributed by atoms with van der Waals surface area (Å²) >= 11 is 0. The van der Waals surface area contributed by atoms with Gasteiger partial charge in [0.25, 0.3) is 0 Å². The van der Waals surface area contributed by atoms with Gasteiger partial charge in [0.05, 0.1) is 6.54 Å². The molecule has 0 fully saturated rings. The Balaban J connectivity index is 1.85. The first-order valence-corrected chi connectivity index (χ1v) is 12.9. The van der Waals surface area contributed by atoms with Crippen molar-refractivity contribution < 1.29 is 22.8 Å². The first kappa shape index (κ1) is 25.7. The van der Waals surface area contributed by atoms with Crippen molar-refractivity contribution in [2.75, 3.05) is 26.4 Å². The van der Waals surface area contributed by atoms with E-state index in [2.05, 4.69) is 15.3 Å². The van der Waals surface area contributed by atoms with Crippen LogP contribution in [0.5, 0.6) is 5.75 Å². The molecule has 0 bridgehead atoms. The Morgan fingerprint density at radius 1 is 1.03 bits per heavy atom. The number of nitrogens with zero attached hydrogens (tertiary/aromatic N) is 2. The lowest BCUT2D eigenvalue weighted by molar-refractivity contribution is 0.0708. The van der Waals surface area contributed by atoms with Gasteiger partial charge in [-0.2, -0.15) is 0 Å². The maximum Gasteiger partial charge on any atom is 0.500 e. The number of hydrogen-bond acceptors (Lipinski definition) is 7. The van der Waals surface area contributed by atoms with Gasteiger partial charge in [0.1, 0.15) is 5.75 Å². The summed E-state index contributed by atoms with van der Waals surface area (Å²) in [5.41, 5.74) is 1.78. The van der Waals surface area contributed by atoms with Crippen LogP contribution >= 0.6 is 0 Å². The molecule has 0 atom stereocenters. The van der Waals surface area contributed by atoms with Gasteiger partial charge in [0.2, 0.25) is 0 Å². The molecular formula is C23H33N3O5Si. The van der Waals surface area contributed by atoms with Crippen molar-refractivity contribution in [3.63, 3.8) is 0 Å². The van der Waals surface area contributed by atoms with E-state index in [1.807, 2.05) is 51.1 Å². The van der Waals surface area contributed by atoms with E-state index < -0.39 is 14.9 Å². The predicted octanol–water partition coefficient (Wildman–Crippen LogP) is 4.23. The maximum absolute atomic E-state index is 12.3. The van der Waals surface area contributed by atoms with Gasteiger partial charge in [-0.1, -0.05) is 12.1 Å². The van der Waals surface area contributed by atoms with Crippen molar-refractivity contribution in [3.8, 4) is 5.75 Å². The second-order valence-electron chi connectivity index (χ2n) is 6.76. The number of nitrogens with one attached hydrogen (secondary N) is 1. The topological polar surface area (TPSA) is 91.3 Å². The van der Waals surface area contributed by atoms with Crippen LogP contribution < -0.4 is 10.1 Å². The van der Waals surface area contributed by atoms with Gasteiger partial charge < -0.3 is 23.3 Å². The van der Waals surface area contributed by atoms with Gasteiger partial charge in [0, 0.05) is 56.6 Å². The highest BCUT2D eigenvalue weighted by Gasteiger charge is 2.39. The predicted molar refractivity (Wildman–Crippen MR) is 126 cm³/mol. The standard InChI is InChI=1S/C23H33N3O5Si/c1-4-28-32(29-5-2,30-6-3)17-9-14-26-23(27)31-22-11-8-7-10-21(22)19-25-18-20-12-15-24-16-13-20/h7-8,10-13,15-16,19H,4-6,9,14,17-18H2,1-3H3,(H,26,27). The summed E-state index contributed by atoms with van der Waals surface area (Å²) in [5.74, 6) is 0.449. The van der Waals surface area contributed by atoms with E-state index >= 15 is 0 Å². The molecule has 0 saturated carbocycles. The van der Waals surface area contributed by atoms with Crippen LogP contribution in [0.2, 0.25) is 6.04 Å². The smallest absolute Gasteiger partial charge is 0.410 e. The summed E-state index contributed by atoms with van der Waals surface area (Å²) < 4.78 is 23.0. The number of pyridine rings is 1. The number of aliphatic imine (C=N–C) groups is 1. The fourth-order valence-corrected chi connectivity index (χ4v) is 5.66. The second kappa shape index (κ2) is 14.5. The molecule has 1 amide bonds. The van der Waals surface area contributed by atoms with Crippen LogP contribution in [0.3, 0.4) is 0 Å². The lowest BCUT2D eigenvalue weighted by atomic mass is 10.2. The Morgan fingerprint density at radius 2 is 1.69 bits per heavy atom. The van der Waals surface area contributed by atoms with Crippen molar-refractivity contribution in [1.29, 1.82) is 0 Å². The van der Waals surface area contributed by atoms with E-state index in [-0.39, 0.29) is 0 Å². The summed E-state index contributed by atoms with van der Waals surface area (Å²) in [6.45, 7) is 8.31. The van der Waals surface area contributed by atoms with E-state index in [1.165, 1.54) is 0 Å². The SMILES string of the molecule is CCO[Si](CCCNC(=O)Oc1ccccc1C=NCc1ccncc1)(OCC)OCC. The van der Waals surface area contributed by atoms with E-state index in [9.17, 15) is 4.79 Å². The minimum Gasteiger partial charge on any atom is -0.410 e. The number of para-hydroxylation sites is 1. The van der Waals surface area contributed by atoms with Crippen LogP contribution in [0.25, 0.3) is 0 Å². The molecule has 0 unspecified atom stereocenters. The third-order valence-corrected chi connectivity index (χ3v) is 7.55. The molecule has 2 rings (SSSR count). The number of rotatable bonds is 14. The van der Waals surface area contributed by atoms with Gasteiger partial charge in [-0.05, 0) is 57.0 Å². The van der Waals surface area contributed by atoms with Gasteiger partial charge in [-0.15, -0.1) is 0 Å². The monoisotopic (exact) mass is 459 g/mol. The van der Waals surface area contributed by atoms with Crippen molar-refractivity contribution in [3.05, 3.63) is 59.9 Å². The van der Waals surface area contributed by atoms with Crippen molar-refractivity contribution in [1.82, 2.24) is 10.3 Å². The van der Waals surface area contributed by atoms with Crippen molar-refractivity contribution in [2.24, 2.45) is 4.99 Å². The van der Waals surface area contributed by atoms with E-state index in [4.69, 9.17) is 18.0 Å². The maximum atomic E-state index is 12.3. The number of carbonyl (C=O) groups is 1. The van der Waals surface area contributed by atoms with E-state index in [0.717, 1.165) is 11.1 Å². The Labute approximate surface area is 191 Å². The van der Waals surface area contributed by atoms with E-state index in [0.29, 0.717) is 51.1 Å². The molecule has 0 saturated heterocycles. The van der Waals surface area contributed by atoms with E-state index in [1.54, 1.807) is 24.7 Å². The molecule has 1 aromatic carbocycles. The molecule has 9 heteroatoms. The highest BCUT2D eigenvalue weighted by atomic mass is 28.4. The quantitative estimate of drug-likeness (QED) is 0.258. The first-order chi connectivity index (χ1) is 15.6. The zero-order chi connectivity index (χ0) is 23.1. The number of benzene rings is 1. The van der Waals surface area contributed by atoms with Crippen LogP contribution in [-0.4, -0.2) is 52.5 Å². The number of hydrogen-bond donors (Lipinski definition) is 1. The summed E-state index contributed by atoms with van der Waals surface area (Å²) in [6, 6.07) is 11.7. The molecule has 8 nitrogen and oxygen atoms in total. The molecule has 0 aliphatic rings. The Morgan fingerprint density at radius 3 is 2.34 bits per heavy atom. The number of amides is 1. The number of aromatic nitrogens is 1. The molecule has 1 aromatic heterocycles. The Kier molecular flexibility index (Phi) is 11.6. The summed E-state index contributed by atoms with van der Waals surface area (Å²) in [4.78, 5) is 20.7. The third-order valence-electron chi connectivity index (χ3n) is 4.40. The molecular weight excluding hydrogens is 426 g/mol. The van der Waals surface area contributed by atoms with Crippen LogP contribution in [0.1, 0.15) is 38.3 Å². The van der Waals surface area contributed by atoms with Crippen LogP contribution in [0, 0.1) is 0 Å². The van der Waals surface area contributed by atoms with Gasteiger partial charge in [-0.3, -0.25) is 9.98 Å². The summed E-state index contributed by atoms with van der Waals surface area (Å²) in [6.07, 6.45) is 5.31. The lowest BCUT2D eigenvalue weighted by Crippen LogP contribution is -2.46. The van der Waals surface area contributed by atoms with Gasteiger partial charge in [0.15, 0.2) is 0 Å². The summed E-state index contributed by atoms with van der Waals surface area (Å²) in [7, 11) is -2.71. The average Bonchev–Trinajstić information content (AvgIpc) is 2.79. The van der Waals surface area contributed by atoms with Gasteiger partial charge in [-0.25, -0.2) is 4.79 Å². The number of ether oxygens (including phenoxy) is 1. The zero-order valence-corrected chi connectivity index (χ0v) is 20.1. The normalized spacial score (nSPS) is 11.6.